The quantitative estimate of drug-likeness (QED) is 0.300. The van der Waals surface area contributed by atoms with Gasteiger partial charge in [0.1, 0.15) is 6.54 Å². The van der Waals surface area contributed by atoms with Crippen LogP contribution in [0.2, 0.25) is 5.02 Å². The number of hydrogen-bond donors (Lipinski definition) is 0. The molecule has 1 fully saturated rings. The summed E-state index contributed by atoms with van der Waals surface area (Å²) < 4.78 is 10.9. The minimum absolute atomic E-state index is 0.00749. The highest BCUT2D eigenvalue weighted by atomic mass is 35.5. The van der Waals surface area contributed by atoms with E-state index >= 15 is 0 Å². The van der Waals surface area contributed by atoms with Crippen molar-refractivity contribution in [1.29, 1.82) is 0 Å². The van der Waals surface area contributed by atoms with Crippen molar-refractivity contribution >= 4 is 29.2 Å². The molecule has 3 heterocycles. The molecule has 1 aromatic heterocycles. The standard InChI is InChI=1S/C32H30ClN5O4/c33-26-9-5-4-8-25(26)27-11-13-30(35-34-27)36-16-18-37(19-17-36)31(39)21-38(15-14-23-6-2-1-3-7-23)32(40)24-10-12-28-29(20-24)42-22-41-28/h1-13,20H,14-19,21-22H2. The van der Waals surface area contributed by atoms with Crippen molar-refractivity contribution in [3.63, 3.8) is 0 Å². The monoisotopic (exact) mass is 583 g/mol. The molecule has 0 bridgehead atoms. The van der Waals surface area contributed by atoms with Crippen LogP contribution in [-0.4, -0.2) is 77.9 Å². The van der Waals surface area contributed by atoms with Gasteiger partial charge in [0.05, 0.1) is 10.7 Å². The maximum Gasteiger partial charge on any atom is 0.254 e. The number of benzene rings is 3. The van der Waals surface area contributed by atoms with Crippen LogP contribution in [0, 0.1) is 0 Å². The predicted molar refractivity (Wildman–Crippen MR) is 160 cm³/mol. The second kappa shape index (κ2) is 12.5. The van der Waals surface area contributed by atoms with E-state index in [9.17, 15) is 9.59 Å². The van der Waals surface area contributed by atoms with Crippen LogP contribution < -0.4 is 14.4 Å². The van der Waals surface area contributed by atoms with Crippen molar-refractivity contribution in [3.05, 3.63) is 101 Å². The lowest BCUT2D eigenvalue weighted by atomic mass is 10.1. The van der Waals surface area contributed by atoms with E-state index in [1.807, 2.05) is 71.6 Å². The maximum atomic E-state index is 13.6. The van der Waals surface area contributed by atoms with Gasteiger partial charge in [-0.05, 0) is 48.4 Å². The van der Waals surface area contributed by atoms with Crippen LogP contribution in [0.1, 0.15) is 15.9 Å². The Morgan fingerprint density at radius 2 is 1.60 bits per heavy atom. The summed E-state index contributed by atoms with van der Waals surface area (Å²) in [5, 5.41) is 9.42. The van der Waals surface area contributed by atoms with Crippen LogP contribution in [0.3, 0.4) is 0 Å². The number of nitrogens with zero attached hydrogens (tertiary/aromatic N) is 5. The fourth-order valence-corrected chi connectivity index (χ4v) is 5.36. The zero-order chi connectivity index (χ0) is 28.9. The van der Waals surface area contributed by atoms with Gasteiger partial charge in [0.15, 0.2) is 17.3 Å². The Hall–Kier alpha value is -4.63. The van der Waals surface area contributed by atoms with Gasteiger partial charge in [-0.3, -0.25) is 9.59 Å². The van der Waals surface area contributed by atoms with Crippen LogP contribution >= 0.6 is 11.6 Å². The molecule has 0 atom stereocenters. The maximum absolute atomic E-state index is 13.6. The molecule has 0 saturated carbocycles. The van der Waals surface area contributed by atoms with Crippen molar-refractivity contribution in [2.24, 2.45) is 0 Å². The number of aromatic nitrogens is 2. The highest BCUT2D eigenvalue weighted by molar-refractivity contribution is 6.33. The van der Waals surface area contributed by atoms with Crippen LogP contribution in [-0.2, 0) is 11.2 Å². The van der Waals surface area contributed by atoms with Crippen LogP contribution in [0.5, 0.6) is 11.5 Å². The van der Waals surface area contributed by atoms with Gasteiger partial charge in [-0.1, -0.05) is 60.1 Å². The third kappa shape index (κ3) is 6.16. The summed E-state index contributed by atoms with van der Waals surface area (Å²) in [4.78, 5) is 32.6. The van der Waals surface area contributed by atoms with Crippen molar-refractivity contribution in [3.8, 4) is 22.8 Å². The first-order valence-electron chi connectivity index (χ1n) is 13.9. The van der Waals surface area contributed by atoms with Gasteiger partial charge in [0.25, 0.3) is 5.91 Å². The zero-order valence-electron chi connectivity index (χ0n) is 23.0. The number of halogens is 1. The van der Waals surface area contributed by atoms with Gasteiger partial charge in [0.2, 0.25) is 12.7 Å². The van der Waals surface area contributed by atoms with E-state index < -0.39 is 0 Å². The first-order chi connectivity index (χ1) is 20.5. The molecule has 9 nitrogen and oxygen atoms in total. The van der Waals surface area contributed by atoms with Crippen LogP contribution in [0.25, 0.3) is 11.3 Å². The number of amides is 2. The van der Waals surface area contributed by atoms with E-state index in [1.165, 1.54) is 0 Å². The molecule has 10 heteroatoms. The average Bonchev–Trinajstić information content (AvgIpc) is 3.52. The van der Waals surface area contributed by atoms with E-state index in [0.717, 1.165) is 16.9 Å². The van der Waals surface area contributed by atoms with Gasteiger partial charge in [0, 0.05) is 43.9 Å². The smallest absolute Gasteiger partial charge is 0.254 e. The summed E-state index contributed by atoms with van der Waals surface area (Å²) >= 11 is 6.31. The van der Waals surface area contributed by atoms with E-state index in [-0.39, 0.29) is 25.2 Å². The molecule has 0 N–H and O–H groups in total. The number of rotatable bonds is 8. The number of ether oxygens (including phenoxy) is 2. The van der Waals surface area contributed by atoms with Gasteiger partial charge >= 0.3 is 0 Å². The fourth-order valence-electron chi connectivity index (χ4n) is 5.13. The highest BCUT2D eigenvalue weighted by Gasteiger charge is 2.27. The van der Waals surface area contributed by atoms with Gasteiger partial charge in [-0.25, -0.2) is 0 Å². The molecule has 3 aromatic carbocycles. The summed E-state index contributed by atoms with van der Waals surface area (Å²) in [5.74, 6) is 1.59. The highest BCUT2D eigenvalue weighted by Crippen LogP contribution is 2.33. The van der Waals surface area contributed by atoms with Crippen molar-refractivity contribution < 1.29 is 19.1 Å². The second-order valence-electron chi connectivity index (χ2n) is 10.2. The van der Waals surface area contributed by atoms with Crippen molar-refractivity contribution in [1.82, 2.24) is 20.0 Å². The summed E-state index contributed by atoms with van der Waals surface area (Å²) in [6.45, 7) is 2.82. The summed E-state index contributed by atoms with van der Waals surface area (Å²) in [5.41, 5.74) is 3.11. The molecule has 0 aliphatic carbocycles. The number of anilines is 1. The lowest BCUT2D eigenvalue weighted by Gasteiger charge is -2.36. The average molecular weight is 584 g/mol. The Balaban J connectivity index is 1.10. The third-order valence-corrected chi connectivity index (χ3v) is 7.83. The lowest BCUT2D eigenvalue weighted by molar-refractivity contribution is -0.132. The Morgan fingerprint density at radius 3 is 2.36 bits per heavy atom. The van der Waals surface area contributed by atoms with Crippen LogP contribution in [0.15, 0.2) is 84.9 Å². The molecule has 214 valence electrons. The Kier molecular flexibility index (Phi) is 8.18. The Morgan fingerprint density at radius 1 is 0.833 bits per heavy atom. The van der Waals surface area contributed by atoms with E-state index in [1.54, 1.807) is 23.1 Å². The molecule has 0 spiro atoms. The SMILES string of the molecule is O=C(CN(CCc1ccccc1)C(=O)c1ccc2c(c1)OCO2)N1CCN(c2ccc(-c3ccccc3Cl)nn2)CC1. The Labute approximate surface area is 249 Å². The molecule has 4 aromatic rings. The number of carbonyl (C=O) groups excluding carboxylic acids is 2. The molecule has 0 unspecified atom stereocenters. The molecule has 2 aliphatic rings. The summed E-state index contributed by atoms with van der Waals surface area (Å²) in [6, 6.07) is 26.4. The van der Waals surface area contributed by atoms with E-state index in [2.05, 4.69) is 15.1 Å². The van der Waals surface area contributed by atoms with Gasteiger partial charge < -0.3 is 24.2 Å². The molecule has 6 rings (SSSR count). The molecule has 42 heavy (non-hydrogen) atoms. The normalized spacial score (nSPS) is 14.1. The lowest BCUT2D eigenvalue weighted by Crippen LogP contribution is -2.52. The van der Waals surface area contributed by atoms with Gasteiger partial charge in [-0.2, -0.15) is 0 Å². The minimum Gasteiger partial charge on any atom is -0.454 e. The summed E-state index contributed by atoms with van der Waals surface area (Å²) in [6.07, 6.45) is 0.640. The number of piperazine rings is 1. The molecule has 2 aliphatic heterocycles. The van der Waals surface area contributed by atoms with Crippen molar-refractivity contribution in [2.45, 2.75) is 6.42 Å². The molecule has 0 radical (unpaired) electrons. The zero-order valence-corrected chi connectivity index (χ0v) is 23.7. The topological polar surface area (TPSA) is 88.1 Å². The fraction of sp³-hybridized carbons (Fsp3) is 0.250. The largest absolute Gasteiger partial charge is 0.454 e. The first kappa shape index (κ1) is 27.5. The minimum atomic E-state index is -0.217. The van der Waals surface area contributed by atoms with E-state index in [4.69, 9.17) is 21.1 Å². The Bertz CT molecular complexity index is 1560. The molecule has 2 amide bonds. The summed E-state index contributed by atoms with van der Waals surface area (Å²) in [7, 11) is 0. The molecular weight excluding hydrogens is 554 g/mol. The number of carbonyl (C=O) groups is 2. The predicted octanol–water partition coefficient (Wildman–Crippen LogP) is 4.56. The number of fused-ring (bicyclic) bond motifs is 1. The van der Waals surface area contributed by atoms with Gasteiger partial charge in [-0.15, -0.1) is 10.2 Å². The van der Waals surface area contributed by atoms with Crippen LogP contribution in [0.4, 0.5) is 5.82 Å². The third-order valence-electron chi connectivity index (χ3n) is 7.50. The second-order valence-corrected chi connectivity index (χ2v) is 10.6. The molecule has 1 saturated heterocycles. The first-order valence-corrected chi connectivity index (χ1v) is 14.3. The molecular formula is C32H30ClN5O4. The van der Waals surface area contributed by atoms with Crippen molar-refractivity contribution in [2.75, 3.05) is 51.0 Å². The van der Waals surface area contributed by atoms with E-state index in [0.29, 0.717) is 66.9 Å². The number of hydrogen-bond acceptors (Lipinski definition) is 7.